The summed E-state index contributed by atoms with van der Waals surface area (Å²) in [5, 5.41) is 3.32. The van der Waals surface area contributed by atoms with E-state index in [1.165, 1.54) is 19.5 Å². The lowest BCUT2D eigenvalue weighted by atomic mass is 10.4. The van der Waals surface area contributed by atoms with Gasteiger partial charge in [0.1, 0.15) is 0 Å². The van der Waals surface area contributed by atoms with Gasteiger partial charge in [0.05, 0.1) is 0 Å². The smallest absolute Gasteiger partial charge is 0.00172 e. The van der Waals surface area contributed by atoms with E-state index in [4.69, 9.17) is 0 Å². The van der Waals surface area contributed by atoms with E-state index in [1.807, 2.05) is 13.8 Å². The highest BCUT2D eigenvalue weighted by Gasteiger charge is 2.40. The van der Waals surface area contributed by atoms with Crippen molar-refractivity contribution in [1.29, 1.82) is 0 Å². The Kier molecular flexibility index (Phi) is 3.87. The number of hydrogen-bond acceptors (Lipinski definition) is 1. The van der Waals surface area contributed by atoms with Crippen LogP contribution in [0.3, 0.4) is 0 Å². The van der Waals surface area contributed by atoms with Gasteiger partial charge in [0.15, 0.2) is 0 Å². The average Bonchev–Trinajstić information content (AvgIpc) is 2.46. The molecule has 0 aromatic heterocycles. The lowest BCUT2D eigenvalue weighted by Gasteiger charge is -1.87. The van der Waals surface area contributed by atoms with Gasteiger partial charge in [0, 0.05) is 0 Å². The second-order valence-electron chi connectivity index (χ2n) is 2.41. The molecule has 9 heavy (non-hydrogen) atoms. The Bertz CT molecular complexity index is 63.0. The van der Waals surface area contributed by atoms with E-state index in [1.54, 1.807) is 0 Å². The zero-order chi connectivity index (χ0) is 5.98. The summed E-state index contributed by atoms with van der Waals surface area (Å²) in [5.74, 6) is 2.20. The lowest BCUT2D eigenvalue weighted by Crippen LogP contribution is -2.10. The van der Waals surface area contributed by atoms with Crippen molar-refractivity contribution in [3.05, 3.63) is 0 Å². The van der Waals surface area contributed by atoms with Crippen LogP contribution in [0.4, 0.5) is 0 Å². The van der Waals surface area contributed by atoms with Gasteiger partial charge in [-0.1, -0.05) is 21.3 Å². The van der Waals surface area contributed by atoms with E-state index in [0.717, 1.165) is 11.8 Å². The van der Waals surface area contributed by atoms with Crippen LogP contribution >= 0.6 is 0 Å². The molecule has 2 fully saturated rings. The standard InChI is InChI=1S/C5H9N.C2H6.CH4/c1-4-2-6-3-5(1)4;1-2;/h4-6H,1-3H2;1-2H3;1H4. The van der Waals surface area contributed by atoms with Crippen LogP contribution in [0.2, 0.25) is 0 Å². The SMILES string of the molecule is C.C1NCC2CC12.CC. The fourth-order valence-electron chi connectivity index (χ4n) is 1.26. The van der Waals surface area contributed by atoms with Gasteiger partial charge in [-0.2, -0.15) is 0 Å². The van der Waals surface area contributed by atoms with Gasteiger partial charge < -0.3 is 5.32 Å². The molecule has 1 nitrogen and oxygen atoms in total. The van der Waals surface area contributed by atoms with Crippen LogP contribution in [0.15, 0.2) is 0 Å². The molecule has 2 atom stereocenters. The Hall–Kier alpha value is -0.0400. The first kappa shape index (κ1) is 8.96. The Balaban J connectivity index is 0.000000198. The molecule has 2 aliphatic rings. The summed E-state index contributed by atoms with van der Waals surface area (Å²) in [6.07, 6.45) is 1.52. The number of hydrogen-bond donors (Lipinski definition) is 1. The quantitative estimate of drug-likeness (QED) is 0.526. The maximum atomic E-state index is 3.32. The fraction of sp³-hybridized carbons (Fsp3) is 1.00. The summed E-state index contributed by atoms with van der Waals surface area (Å²) in [6, 6.07) is 0. The van der Waals surface area contributed by atoms with Crippen molar-refractivity contribution in [2.75, 3.05) is 13.1 Å². The zero-order valence-electron chi connectivity index (χ0n) is 5.78. The van der Waals surface area contributed by atoms with Gasteiger partial charge in [-0.15, -0.1) is 0 Å². The van der Waals surface area contributed by atoms with Crippen molar-refractivity contribution in [2.45, 2.75) is 27.7 Å². The van der Waals surface area contributed by atoms with Gasteiger partial charge in [0.25, 0.3) is 0 Å². The van der Waals surface area contributed by atoms with Gasteiger partial charge >= 0.3 is 0 Å². The number of nitrogens with one attached hydrogen (secondary N) is 1. The minimum absolute atomic E-state index is 0. The van der Waals surface area contributed by atoms with Gasteiger partial charge in [-0.05, 0) is 31.3 Å². The summed E-state index contributed by atoms with van der Waals surface area (Å²) < 4.78 is 0. The van der Waals surface area contributed by atoms with Crippen LogP contribution in [-0.4, -0.2) is 13.1 Å². The molecule has 1 heterocycles. The van der Waals surface area contributed by atoms with E-state index < -0.39 is 0 Å². The Morgan fingerprint density at radius 1 is 1.11 bits per heavy atom. The number of rotatable bonds is 0. The molecule has 0 aromatic carbocycles. The zero-order valence-corrected chi connectivity index (χ0v) is 5.78. The second kappa shape index (κ2) is 3.89. The van der Waals surface area contributed by atoms with E-state index in [0.29, 0.717) is 0 Å². The first-order chi connectivity index (χ1) is 3.97. The first-order valence-corrected chi connectivity index (χ1v) is 3.67. The van der Waals surface area contributed by atoms with E-state index in [-0.39, 0.29) is 7.43 Å². The maximum absolute atomic E-state index is 3.32. The van der Waals surface area contributed by atoms with Gasteiger partial charge in [-0.25, -0.2) is 0 Å². The topological polar surface area (TPSA) is 12.0 Å². The molecular weight excluding hydrogens is 110 g/mol. The van der Waals surface area contributed by atoms with E-state index in [2.05, 4.69) is 5.32 Å². The van der Waals surface area contributed by atoms with Crippen molar-refractivity contribution >= 4 is 0 Å². The molecule has 1 aliphatic heterocycles. The highest BCUT2D eigenvalue weighted by atomic mass is 14.9. The molecule has 0 spiro atoms. The Labute approximate surface area is 58.8 Å². The summed E-state index contributed by atoms with van der Waals surface area (Å²) in [4.78, 5) is 0. The van der Waals surface area contributed by atoms with Crippen molar-refractivity contribution in [3.63, 3.8) is 0 Å². The summed E-state index contributed by atoms with van der Waals surface area (Å²) in [6.45, 7) is 6.62. The maximum Gasteiger partial charge on any atom is -0.00172 e. The first-order valence-electron chi connectivity index (χ1n) is 3.67. The van der Waals surface area contributed by atoms with Gasteiger partial charge in [-0.3, -0.25) is 0 Å². The molecule has 2 unspecified atom stereocenters. The average molecular weight is 129 g/mol. The molecule has 0 bridgehead atoms. The summed E-state index contributed by atoms with van der Waals surface area (Å²) >= 11 is 0. The minimum atomic E-state index is 0. The minimum Gasteiger partial charge on any atom is -0.316 e. The predicted molar refractivity (Wildman–Crippen MR) is 42.5 cm³/mol. The second-order valence-corrected chi connectivity index (χ2v) is 2.41. The molecule has 0 radical (unpaired) electrons. The van der Waals surface area contributed by atoms with Crippen molar-refractivity contribution in [2.24, 2.45) is 11.8 Å². The Morgan fingerprint density at radius 3 is 1.67 bits per heavy atom. The molecule has 0 aromatic rings. The molecule has 1 N–H and O–H groups in total. The molecule has 1 saturated heterocycles. The molecule has 2 rings (SSSR count). The van der Waals surface area contributed by atoms with Crippen LogP contribution in [0.25, 0.3) is 0 Å². The third-order valence-corrected chi connectivity index (χ3v) is 1.88. The largest absolute Gasteiger partial charge is 0.316 e. The van der Waals surface area contributed by atoms with E-state index >= 15 is 0 Å². The predicted octanol–water partition coefficient (Wildman–Crippen LogP) is 1.89. The van der Waals surface area contributed by atoms with Crippen LogP contribution < -0.4 is 5.32 Å². The molecule has 1 heteroatoms. The Morgan fingerprint density at radius 2 is 1.56 bits per heavy atom. The molecule has 56 valence electrons. The highest BCUT2D eigenvalue weighted by Crippen LogP contribution is 2.40. The molecule has 1 saturated carbocycles. The molecule has 1 aliphatic carbocycles. The number of piperidine rings is 1. The van der Waals surface area contributed by atoms with Crippen molar-refractivity contribution < 1.29 is 0 Å². The molecular formula is C8H19N. The van der Waals surface area contributed by atoms with Crippen LogP contribution in [0, 0.1) is 11.8 Å². The number of fused-ring (bicyclic) bond motifs is 1. The lowest BCUT2D eigenvalue weighted by molar-refractivity contribution is 0.732. The van der Waals surface area contributed by atoms with E-state index in [9.17, 15) is 0 Å². The van der Waals surface area contributed by atoms with Crippen LogP contribution in [0.5, 0.6) is 0 Å². The summed E-state index contributed by atoms with van der Waals surface area (Å²) in [5.41, 5.74) is 0. The fourth-order valence-corrected chi connectivity index (χ4v) is 1.26. The third kappa shape index (κ3) is 1.98. The van der Waals surface area contributed by atoms with Crippen molar-refractivity contribution in [3.8, 4) is 0 Å². The molecule has 0 amide bonds. The van der Waals surface area contributed by atoms with Gasteiger partial charge in [0.2, 0.25) is 0 Å². The summed E-state index contributed by atoms with van der Waals surface area (Å²) in [7, 11) is 0. The van der Waals surface area contributed by atoms with Crippen LogP contribution in [0.1, 0.15) is 27.7 Å². The van der Waals surface area contributed by atoms with Crippen LogP contribution in [-0.2, 0) is 0 Å². The monoisotopic (exact) mass is 129 g/mol. The highest BCUT2D eigenvalue weighted by molar-refractivity contribution is 4.94. The normalized spacial score (nSPS) is 35.3. The third-order valence-electron chi connectivity index (χ3n) is 1.88. The van der Waals surface area contributed by atoms with Crippen molar-refractivity contribution in [1.82, 2.24) is 5.32 Å².